The molecule has 0 aliphatic rings. The van der Waals surface area contributed by atoms with Gasteiger partial charge in [0.1, 0.15) is 13.2 Å². The van der Waals surface area contributed by atoms with Crippen molar-refractivity contribution in [2.45, 2.75) is 285 Å². The maximum Gasteiger partial charge on any atom is 0.306 e. The lowest BCUT2D eigenvalue weighted by Crippen LogP contribution is -2.30. The molecule has 1 unspecified atom stereocenters. The second-order valence-corrected chi connectivity index (χ2v) is 18.2. The summed E-state index contributed by atoms with van der Waals surface area (Å²) in [7, 11) is 0. The maximum atomic E-state index is 12.8. The normalized spacial score (nSPS) is 12.5. The number of carbonyl (C=O) groups is 3. The summed E-state index contributed by atoms with van der Waals surface area (Å²) in [6, 6.07) is 0. The highest BCUT2D eigenvalue weighted by Gasteiger charge is 2.19. The first-order chi connectivity index (χ1) is 27.8. The highest BCUT2D eigenvalue weighted by Crippen LogP contribution is 2.17. The van der Waals surface area contributed by atoms with E-state index in [1.54, 1.807) is 0 Å². The molecule has 0 aromatic heterocycles. The molecule has 0 aromatic carbocycles. The van der Waals surface area contributed by atoms with Gasteiger partial charge in [0.15, 0.2) is 6.10 Å². The highest BCUT2D eigenvalue weighted by atomic mass is 16.6. The Hall–Kier alpha value is -1.59. The van der Waals surface area contributed by atoms with Crippen LogP contribution in [0.4, 0.5) is 0 Å². The number of unbranched alkanes of at least 4 members (excludes halogenated alkanes) is 29. The van der Waals surface area contributed by atoms with Crippen LogP contribution in [0, 0.1) is 11.8 Å². The third-order valence-corrected chi connectivity index (χ3v) is 11.8. The quantitative estimate of drug-likeness (QED) is 0.0346. The van der Waals surface area contributed by atoms with Crippen molar-refractivity contribution in [3.63, 3.8) is 0 Å². The molecule has 0 N–H and O–H groups in total. The lowest BCUT2D eigenvalue weighted by molar-refractivity contribution is -0.167. The number of esters is 3. The fourth-order valence-electron chi connectivity index (χ4n) is 7.60. The lowest BCUT2D eigenvalue weighted by atomic mass is 9.99. The van der Waals surface area contributed by atoms with Crippen molar-refractivity contribution in [3.05, 3.63) is 0 Å². The Labute approximate surface area is 355 Å². The second-order valence-electron chi connectivity index (χ2n) is 18.2. The average molecular weight is 807 g/mol. The molecule has 0 fully saturated rings. The van der Waals surface area contributed by atoms with Gasteiger partial charge in [-0.25, -0.2) is 0 Å². The standard InChI is InChI=1S/C51H98O6/c1-6-8-9-10-11-12-13-14-15-16-20-26-31-36-41-49(52)55-44-48(45-56-50(53)42-37-32-27-23-22-25-30-35-40-47(5)7-2)57-51(54)43-38-33-28-21-18-17-19-24-29-34-39-46(3)4/h46-48H,6-45H2,1-5H3/t47?,48-/m0/s1. The van der Waals surface area contributed by atoms with E-state index in [1.807, 2.05) is 0 Å². The molecular formula is C51H98O6. The van der Waals surface area contributed by atoms with E-state index in [0.29, 0.717) is 19.3 Å². The van der Waals surface area contributed by atoms with Crippen LogP contribution in [-0.4, -0.2) is 37.2 Å². The zero-order valence-corrected chi connectivity index (χ0v) is 39.0. The van der Waals surface area contributed by atoms with Crippen molar-refractivity contribution < 1.29 is 28.6 Å². The third-order valence-electron chi connectivity index (χ3n) is 11.8. The van der Waals surface area contributed by atoms with Crippen molar-refractivity contribution >= 4 is 17.9 Å². The summed E-state index contributed by atoms with van der Waals surface area (Å²) in [5.74, 6) is 0.813. The van der Waals surface area contributed by atoms with Crippen LogP contribution in [0.2, 0.25) is 0 Å². The van der Waals surface area contributed by atoms with E-state index in [2.05, 4.69) is 34.6 Å². The first kappa shape index (κ1) is 55.4. The molecule has 6 nitrogen and oxygen atoms in total. The van der Waals surface area contributed by atoms with Gasteiger partial charge in [0.2, 0.25) is 0 Å². The fourth-order valence-corrected chi connectivity index (χ4v) is 7.60. The van der Waals surface area contributed by atoms with Crippen LogP contribution in [0.1, 0.15) is 279 Å². The summed E-state index contributed by atoms with van der Waals surface area (Å²) < 4.78 is 16.8. The molecule has 0 aromatic rings. The van der Waals surface area contributed by atoms with E-state index in [-0.39, 0.29) is 31.1 Å². The summed E-state index contributed by atoms with van der Waals surface area (Å²) in [5, 5.41) is 0. The van der Waals surface area contributed by atoms with Crippen LogP contribution in [0.25, 0.3) is 0 Å². The smallest absolute Gasteiger partial charge is 0.306 e. The molecule has 0 aliphatic heterocycles. The highest BCUT2D eigenvalue weighted by molar-refractivity contribution is 5.71. The number of carbonyl (C=O) groups excluding carboxylic acids is 3. The summed E-state index contributed by atoms with van der Waals surface area (Å²) >= 11 is 0. The molecule has 0 rings (SSSR count). The van der Waals surface area contributed by atoms with Gasteiger partial charge >= 0.3 is 17.9 Å². The van der Waals surface area contributed by atoms with Crippen LogP contribution in [0.5, 0.6) is 0 Å². The Morgan fingerprint density at radius 3 is 1.00 bits per heavy atom. The molecule has 0 saturated heterocycles. The molecule has 0 radical (unpaired) electrons. The number of ether oxygens (including phenoxy) is 3. The van der Waals surface area contributed by atoms with Gasteiger partial charge in [-0.15, -0.1) is 0 Å². The Kier molecular flexibility index (Phi) is 42.7. The molecule has 338 valence electrons. The largest absolute Gasteiger partial charge is 0.462 e. The first-order valence-electron chi connectivity index (χ1n) is 25.3. The zero-order chi connectivity index (χ0) is 41.9. The molecule has 0 spiro atoms. The summed E-state index contributed by atoms with van der Waals surface area (Å²) in [5.41, 5.74) is 0. The van der Waals surface area contributed by atoms with Gasteiger partial charge in [-0.05, 0) is 31.1 Å². The molecule has 0 amide bonds. The minimum atomic E-state index is -0.761. The molecule has 2 atom stereocenters. The van der Waals surface area contributed by atoms with Gasteiger partial charge < -0.3 is 14.2 Å². The minimum absolute atomic E-state index is 0.0642. The number of hydrogen-bond donors (Lipinski definition) is 0. The van der Waals surface area contributed by atoms with E-state index in [0.717, 1.165) is 69.6 Å². The Bertz CT molecular complexity index is 872. The zero-order valence-electron chi connectivity index (χ0n) is 39.0. The first-order valence-corrected chi connectivity index (χ1v) is 25.3. The molecule has 0 heterocycles. The maximum absolute atomic E-state index is 12.8. The third kappa shape index (κ3) is 43.8. The van der Waals surface area contributed by atoms with Gasteiger partial charge in [-0.1, -0.05) is 240 Å². The van der Waals surface area contributed by atoms with Crippen molar-refractivity contribution in [1.29, 1.82) is 0 Å². The topological polar surface area (TPSA) is 78.9 Å². The number of rotatable bonds is 45. The van der Waals surface area contributed by atoms with Crippen molar-refractivity contribution in [2.75, 3.05) is 13.2 Å². The molecule has 0 saturated carbocycles. The van der Waals surface area contributed by atoms with Crippen LogP contribution in [-0.2, 0) is 28.6 Å². The van der Waals surface area contributed by atoms with E-state index in [4.69, 9.17) is 14.2 Å². The monoisotopic (exact) mass is 807 g/mol. The molecule has 6 heteroatoms. The van der Waals surface area contributed by atoms with Crippen LogP contribution in [0.15, 0.2) is 0 Å². The summed E-state index contributed by atoms with van der Waals surface area (Å²) in [4.78, 5) is 37.9. The predicted octanol–water partition coefficient (Wildman–Crippen LogP) is 16.1. The van der Waals surface area contributed by atoms with Crippen LogP contribution in [0.3, 0.4) is 0 Å². The van der Waals surface area contributed by atoms with Gasteiger partial charge in [-0.3, -0.25) is 14.4 Å². The number of hydrogen-bond acceptors (Lipinski definition) is 6. The van der Waals surface area contributed by atoms with Crippen LogP contribution < -0.4 is 0 Å². The predicted molar refractivity (Wildman–Crippen MR) is 243 cm³/mol. The second kappa shape index (κ2) is 44.0. The minimum Gasteiger partial charge on any atom is -0.462 e. The van der Waals surface area contributed by atoms with Gasteiger partial charge in [0, 0.05) is 19.3 Å². The Balaban J connectivity index is 4.33. The van der Waals surface area contributed by atoms with E-state index >= 15 is 0 Å². The van der Waals surface area contributed by atoms with E-state index in [1.165, 1.54) is 167 Å². The molecular weight excluding hydrogens is 709 g/mol. The molecule has 0 bridgehead atoms. The average Bonchev–Trinajstić information content (AvgIpc) is 3.19. The Morgan fingerprint density at radius 2 is 0.667 bits per heavy atom. The van der Waals surface area contributed by atoms with E-state index < -0.39 is 6.10 Å². The lowest BCUT2D eigenvalue weighted by Gasteiger charge is -2.18. The molecule has 0 aliphatic carbocycles. The SMILES string of the molecule is CCCCCCCCCCCCCCCCC(=O)OC[C@@H](COC(=O)CCCCCCCCCCC(C)CC)OC(=O)CCCCCCCCCCCCC(C)C. The Morgan fingerprint density at radius 1 is 0.368 bits per heavy atom. The van der Waals surface area contributed by atoms with E-state index in [9.17, 15) is 14.4 Å². The fraction of sp³-hybridized carbons (Fsp3) is 0.941. The molecule has 57 heavy (non-hydrogen) atoms. The van der Waals surface area contributed by atoms with Crippen molar-refractivity contribution in [1.82, 2.24) is 0 Å². The van der Waals surface area contributed by atoms with Crippen LogP contribution >= 0.6 is 0 Å². The van der Waals surface area contributed by atoms with Crippen molar-refractivity contribution in [3.8, 4) is 0 Å². The van der Waals surface area contributed by atoms with Gasteiger partial charge in [-0.2, -0.15) is 0 Å². The summed E-state index contributed by atoms with van der Waals surface area (Å²) in [6.45, 7) is 11.4. The van der Waals surface area contributed by atoms with Crippen molar-refractivity contribution in [2.24, 2.45) is 11.8 Å². The van der Waals surface area contributed by atoms with Gasteiger partial charge in [0.25, 0.3) is 0 Å². The summed E-state index contributed by atoms with van der Waals surface area (Å²) in [6.07, 6.45) is 43.7. The van der Waals surface area contributed by atoms with Gasteiger partial charge in [0.05, 0.1) is 0 Å².